The maximum Gasteiger partial charge on any atom is 0.189 e. The van der Waals surface area contributed by atoms with Gasteiger partial charge in [-0.15, -0.1) is 0 Å². The summed E-state index contributed by atoms with van der Waals surface area (Å²) in [5.41, 5.74) is 2.95. The van der Waals surface area contributed by atoms with Gasteiger partial charge >= 0.3 is 0 Å². The Bertz CT molecular complexity index is 620. The number of Topliss-reactive ketones (excluding diaryl/α,β-unsaturated/α-hetero) is 1. The van der Waals surface area contributed by atoms with Gasteiger partial charge in [0.05, 0.1) is 6.61 Å². The van der Waals surface area contributed by atoms with E-state index in [1.807, 2.05) is 48.5 Å². The standard InChI is InChI=1S/C18H18O3/c19-17-10-4-9-16-15(17)8-5-11-18(16)21-13-20-12-14-6-2-1-3-7-14/h1-3,5-8,11H,4,9-10,12-13H2. The van der Waals surface area contributed by atoms with E-state index in [1.54, 1.807) is 0 Å². The van der Waals surface area contributed by atoms with E-state index in [1.165, 1.54) is 0 Å². The van der Waals surface area contributed by atoms with E-state index in [9.17, 15) is 4.79 Å². The topological polar surface area (TPSA) is 35.5 Å². The molecule has 0 bridgehead atoms. The third-order valence-electron chi connectivity index (χ3n) is 3.67. The van der Waals surface area contributed by atoms with Gasteiger partial charge in [-0.1, -0.05) is 42.5 Å². The number of carbonyl (C=O) groups excluding carboxylic acids is 1. The molecule has 2 aromatic carbocycles. The lowest BCUT2D eigenvalue weighted by atomic mass is 9.90. The summed E-state index contributed by atoms with van der Waals surface area (Å²) in [6, 6.07) is 15.6. The zero-order chi connectivity index (χ0) is 14.5. The van der Waals surface area contributed by atoms with Crippen LogP contribution >= 0.6 is 0 Å². The molecule has 3 rings (SSSR count). The number of carbonyl (C=O) groups is 1. The fraction of sp³-hybridized carbons (Fsp3) is 0.278. The smallest absolute Gasteiger partial charge is 0.189 e. The van der Waals surface area contributed by atoms with Gasteiger partial charge in [0.2, 0.25) is 0 Å². The number of ketones is 1. The molecule has 1 aliphatic carbocycles. The Labute approximate surface area is 124 Å². The van der Waals surface area contributed by atoms with Crippen LogP contribution in [0.4, 0.5) is 0 Å². The minimum atomic E-state index is 0.194. The van der Waals surface area contributed by atoms with Crippen molar-refractivity contribution in [2.24, 2.45) is 0 Å². The van der Waals surface area contributed by atoms with Crippen molar-refractivity contribution in [3.05, 3.63) is 65.2 Å². The Kier molecular flexibility index (Phi) is 4.31. The lowest BCUT2D eigenvalue weighted by molar-refractivity contribution is 0.00442. The fourth-order valence-corrected chi connectivity index (χ4v) is 2.62. The van der Waals surface area contributed by atoms with Crippen molar-refractivity contribution in [1.29, 1.82) is 0 Å². The van der Waals surface area contributed by atoms with E-state index < -0.39 is 0 Å². The van der Waals surface area contributed by atoms with Gasteiger partial charge < -0.3 is 9.47 Å². The highest BCUT2D eigenvalue weighted by Gasteiger charge is 2.20. The van der Waals surface area contributed by atoms with Crippen LogP contribution in [-0.4, -0.2) is 12.6 Å². The summed E-state index contributed by atoms with van der Waals surface area (Å²) >= 11 is 0. The Morgan fingerprint density at radius 1 is 0.952 bits per heavy atom. The lowest BCUT2D eigenvalue weighted by Gasteiger charge is -2.18. The molecule has 108 valence electrons. The summed E-state index contributed by atoms with van der Waals surface area (Å²) in [6.07, 6.45) is 2.44. The second-order valence-corrected chi connectivity index (χ2v) is 5.16. The minimum Gasteiger partial charge on any atom is -0.467 e. The van der Waals surface area contributed by atoms with Gasteiger partial charge in [0.15, 0.2) is 12.6 Å². The first-order chi connectivity index (χ1) is 10.3. The quantitative estimate of drug-likeness (QED) is 0.619. The molecule has 0 aliphatic heterocycles. The van der Waals surface area contributed by atoms with E-state index in [0.717, 1.165) is 35.3 Å². The Balaban J connectivity index is 1.59. The molecule has 3 nitrogen and oxygen atoms in total. The Hall–Kier alpha value is -2.13. The van der Waals surface area contributed by atoms with Gasteiger partial charge in [0.25, 0.3) is 0 Å². The minimum absolute atomic E-state index is 0.194. The van der Waals surface area contributed by atoms with Crippen molar-refractivity contribution in [3.63, 3.8) is 0 Å². The largest absolute Gasteiger partial charge is 0.467 e. The van der Waals surface area contributed by atoms with E-state index in [4.69, 9.17) is 9.47 Å². The molecule has 0 fully saturated rings. The summed E-state index contributed by atoms with van der Waals surface area (Å²) in [4.78, 5) is 11.9. The third kappa shape index (κ3) is 3.31. The van der Waals surface area contributed by atoms with Gasteiger partial charge in [-0.05, 0) is 24.5 Å². The van der Waals surface area contributed by atoms with Crippen LogP contribution in [0.2, 0.25) is 0 Å². The van der Waals surface area contributed by atoms with E-state index in [0.29, 0.717) is 13.0 Å². The number of ether oxygens (including phenoxy) is 2. The molecule has 1 aliphatic rings. The maximum absolute atomic E-state index is 11.9. The first-order valence-electron chi connectivity index (χ1n) is 7.24. The molecule has 2 aromatic rings. The zero-order valence-electron chi connectivity index (χ0n) is 11.9. The average Bonchev–Trinajstić information content (AvgIpc) is 2.53. The normalized spacial score (nSPS) is 13.8. The monoisotopic (exact) mass is 282 g/mol. The van der Waals surface area contributed by atoms with Crippen molar-refractivity contribution >= 4 is 5.78 Å². The molecule has 0 saturated heterocycles. The van der Waals surface area contributed by atoms with Crippen molar-refractivity contribution in [2.75, 3.05) is 6.79 Å². The molecule has 0 aromatic heterocycles. The van der Waals surface area contributed by atoms with Crippen LogP contribution < -0.4 is 4.74 Å². The predicted octanol–water partition coefficient (Wildman–Crippen LogP) is 3.76. The number of hydrogen-bond acceptors (Lipinski definition) is 3. The number of fused-ring (bicyclic) bond motifs is 1. The van der Waals surface area contributed by atoms with Crippen LogP contribution in [0.25, 0.3) is 0 Å². The molecule has 0 N–H and O–H groups in total. The molecular weight excluding hydrogens is 264 g/mol. The maximum atomic E-state index is 11.9. The first kappa shape index (κ1) is 13.8. The summed E-state index contributed by atoms with van der Waals surface area (Å²) in [6.45, 7) is 0.717. The summed E-state index contributed by atoms with van der Waals surface area (Å²) in [7, 11) is 0. The number of benzene rings is 2. The van der Waals surface area contributed by atoms with Crippen LogP contribution in [0, 0.1) is 0 Å². The molecule has 0 heterocycles. The van der Waals surface area contributed by atoms with Crippen LogP contribution in [0.5, 0.6) is 5.75 Å². The number of rotatable bonds is 5. The summed E-state index contributed by atoms with van der Waals surface area (Å²) < 4.78 is 11.2. The van der Waals surface area contributed by atoms with Crippen molar-refractivity contribution in [3.8, 4) is 5.75 Å². The van der Waals surface area contributed by atoms with Gasteiger partial charge in [-0.2, -0.15) is 0 Å². The molecule has 0 unspecified atom stereocenters. The SMILES string of the molecule is O=C1CCCc2c(OCOCc3ccccc3)cccc21. The molecule has 0 atom stereocenters. The van der Waals surface area contributed by atoms with Crippen LogP contribution in [0.15, 0.2) is 48.5 Å². The van der Waals surface area contributed by atoms with Crippen molar-refractivity contribution in [1.82, 2.24) is 0 Å². The van der Waals surface area contributed by atoms with Gasteiger partial charge in [-0.25, -0.2) is 0 Å². The average molecular weight is 282 g/mol. The summed E-state index contributed by atoms with van der Waals surface area (Å²) in [5, 5.41) is 0. The van der Waals surface area contributed by atoms with Crippen LogP contribution in [0.3, 0.4) is 0 Å². The van der Waals surface area contributed by atoms with Crippen molar-refractivity contribution in [2.45, 2.75) is 25.9 Å². The Morgan fingerprint density at radius 2 is 1.81 bits per heavy atom. The van der Waals surface area contributed by atoms with Crippen molar-refractivity contribution < 1.29 is 14.3 Å². The van der Waals surface area contributed by atoms with Crippen LogP contribution in [-0.2, 0) is 17.8 Å². The zero-order valence-corrected chi connectivity index (χ0v) is 11.9. The van der Waals surface area contributed by atoms with E-state index in [2.05, 4.69) is 0 Å². The Morgan fingerprint density at radius 3 is 2.67 bits per heavy atom. The van der Waals surface area contributed by atoms with E-state index in [-0.39, 0.29) is 12.6 Å². The molecule has 21 heavy (non-hydrogen) atoms. The first-order valence-corrected chi connectivity index (χ1v) is 7.24. The van der Waals surface area contributed by atoms with Crippen LogP contribution in [0.1, 0.15) is 34.3 Å². The second-order valence-electron chi connectivity index (χ2n) is 5.16. The highest BCUT2D eigenvalue weighted by molar-refractivity contribution is 5.99. The lowest BCUT2D eigenvalue weighted by Crippen LogP contribution is -2.13. The molecule has 0 radical (unpaired) electrons. The molecular formula is C18H18O3. The molecule has 3 heteroatoms. The van der Waals surface area contributed by atoms with Gasteiger partial charge in [0, 0.05) is 17.5 Å². The molecule has 0 saturated carbocycles. The highest BCUT2D eigenvalue weighted by Crippen LogP contribution is 2.29. The second kappa shape index (κ2) is 6.55. The van der Waals surface area contributed by atoms with E-state index >= 15 is 0 Å². The molecule has 0 spiro atoms. The summed E-state index contributed by atoms with van der Waals surface area (Å²) in [5.74, 6) is 0.987. The van der Waals surface area contributed by atoms with Gasteiger partial charge in [0.1, 0.15) is 5.75 Å². The highest BCUT2D eigenvalue weighted by atomic mass is 16.7. The fourth-order valence-electron chi connectivity index (χ4n) is 2.62. The van der Waals surface area contributed by atoms with Gasteiger partial charge in [-0.3, -0.25) is 4.79 Å². The third-order valence-corrected chi connectivity index (χ3v) is 3.67. The predicted molar refractivity (Wildman–Crippen MR) is 80.4 cm³/mol. The molecule has 0 amide bonds. The number of hydrogen-bond donors (Lipinski definition) is 0.